The van der Waals surface area contributed by atoms with Crippen LogP contribution in [0.3, 0.4) is 0 Å². The molecular formula is C39H48BN3O2. The van der Waals surface area contributed by atoms with Crippen LogP contribution >= 0.6 is 0 Å². The minimum absolute atomic E-state index is 0.334. The van der Waals surface area contributed by atoms with Crippen LogP contribution < -0.4 is 10.4 Å². The van der Waals surface area contributed by atoms with Gasteiger partial charge in [-0.05, 0) is 113 Å². The van der Waals surface area contributed by atoms with Crippen LogP contribution in [0.1, 0.15) is 93.0 Å². The van der Waals surface area contributed by atoms with E-state index in [-0.39, 0.29) is 18.3 Å². The molecule has 0 bridgehead atoms. The van der Waals surface area contributed by atoms with Crippen molar-refractivity contribution in [1.29, 1.82) is 0 Å². The number of hydrogen-bond acceptors (Lipinski definition) is 4. The lowest BCUT2D eigenvalue weighted by molar-refractivity contribution is 0.00578. The molecule has 0 N–H and O–H groups in total. The van der Waals surface area contributed by atoms with Crippen molar-refractivity contribution in [2.75, 3.05) is 18.0 Å². The summed E-state index contributed by atoms with van der Waals surface area (Å²) in [6, 6.07) is 27.8. The highest BCUT2D eigenvalue weighted by Crippen LogP contribution is 2.47. The Balaban J connectivity index is 0.971. The van der Waals surface area contributed by atoms with Crippen LogP contribution in [0.4, 0.5) is 5.69 Å². The van der Waals surface area contributed by atoms with E-state index in [9.17, 15) is 0 Å². The predicted octanol–water partition coefficient (Wildman–Crippen LogP) is 7.66. The molecule has 0 saturated carbocycles. The lowest BCUT2D eigenvalue weighted by Gasteiger charge is -2.36. The quantitative estimate of drug-likeness (QED) is 0.204. The van der Waals surface area contributed by atoms with Crippen LogP contribution in [0.5, 0.6) is 0 Å². The number of piperidine rings is 1. The molecule has 2 aliphatic heterocycles. The first-order valence-electron chi connectivity index (χ1n) is 17.0. The first-order chi connectivity index (χ1) is 21.7. The van der Waals surface area contributed by atoms with Crippen LogP contribution in [-0.4, -0.2) is 41.2 Å². The van der Waals surface area contributed by atoms with Crippen molar-refractivity contribution in [1.82, 2.24) is 9.78 Å². The predicted molar refractivity (Wildman–Crippen MR) is 184 cm³/mol. The summed E-state index contributed by atoms with van der Waals surface area (Å²) in [7, 11) is -0.348. The third-order valence-corrected chi connectivity index (χ3v) is 11.2. The maximum atomic E-state index is 6.22. The minimum atomic E-state index is -0.348. The average Bonchev–Trinajstić information content (AvgIpc) is 3.61. The molecule has 2 fully saturated rings. The molecule has 0 spiro atoms. The molecular weight excluding hydrogens is 553 g/mol. The number of aryl methyl sites for hydroxylation is 3. The normalized spacial score (nSPS) is 22.9. The van der Waals surface area contributed by atoms with Crippen molar-refractivity contribution in [3.63, 3.8) is 0 Å². The second-order valence-electron chi connectivity index (χ2n) is 14.7. The molecule has 1 aliphatic carbocycles. The molecule has 45 heavy (non-hydrogen) atoms. The highest BCUT2D eigenvalue weighted by atomic mass is 16.7. The Labute approximate surface area is 270 Å². The van der Waals surface area contributed by atoms with Gasteiger partial charge in [0.2, 0.25) is 0 Å². The summed E-state index contributed by atoms with van der Waals surface area (Å²) in [5.41, 5.74) is 8.98. The Hall–Kier alpha value is -3.35. The number of benzene rings is 3. The van der Waals surface area contributed by atoms with Crippen molar-refractivity contribution in [2.45, 2.75) is 96.3 Å². The number of fused-ring (bicyclic) bond motifs is 1. The van der Waals surface area contributed by atoms with E-state index in [0.717, 1.165) is 43.9 Å². The summed E-state index contributed by atoms with van der Waals surface area (Å²) in [4.78, 5) is 2.58. The van der Waals surface area contributed by atoms with Crippen LogP contribution in [0.25, 0.3) is 0 Å². The Kier molecular flexibility index (Phi) is 8.16. The molecule has 1 aromatic heterocycles. The Morgan fingerprint density at radius 3 is 2.27 bits per heavy atom. The van der Waals surface area contributed by atoms with E-state index in [4.69, 9.17) is 9.31 Å². The van der Waals surface area contributed by atoms with Gasteiger partial charge >= 0.3 is 7.12 Å². The lowest BCUT2D eigenvalue weighted by atomic mass is 9.69. The van der Waals surface area contributed by atoms with E-state index < -0.39 is 0 Å². The highest BCUT2D eigenvalue weighted by molar-refractivity contribution is 6.62. The summed E-state index contributed by atoms with van der Waals surface area (Å²) < 4.78 is 14.5. The lowest BCUT2D eigenvalue weighted by Crippen LogP contribution is -2.41. The smallest absolute Gasteiger partial charge is 0.399 e. The summed E-state index contributed by atoms with van der Waals surface area (Å²) in [6.45, 7) is 13.7. The Morgan fingerprint density at radius 1 is 0.844 bits per heavy atom. The van der Waals surface area contributed by atoms with Crippen molar-refractivity contribution in [3.05, 3.63) is 113 Å². The fourth-order valence-corrected chi connectivity index (χ4v) is 7.71. The van der Waals surface area contributed by atoms with E-state index in [0.29, 0.717) is 11.8 Å². The summed E-state index contributed by atoms with van der Waals surface area (Å²) in [5, 5.41) is 4.64. The van der Waals surface area contributed by atoms with Gasteiger partial charge in [-0.15, -0.1) is 0 Å². The summed E-state index contributed by atoms with van der Waals surface area (Å²) >= 11 is 0. The maximum Gasteiger partial charge on any atom is 0.498 e. The number of nitrogens with zero attached hydrogens (tertiary/aromatic N) is 3. The number of anilines is 1. The van der Waals surface area contributed by atoms with Gasteiger partial charge in [0.1, 0.15) is 0 Å². The fourth-order valence-electron chi connectivity index (χ4n) is 7.71. The number of rotatable bonds is 7. The van der Waals surface area contributed by atoms with Gasteiger partial charge in [-0.1, -0.05) is 66.2 Å². The van der Waals surface area contributed by atoms with Gasteiger partial charge in [-0.2, -0.15) is 5.10 Å². The average molecular weight is 602 g/mol. The third-order valence-electron chi connectivity index (χ3n) is 11.2. The standard InChI is InChI=1S/C39H48BN3O2/c1-28-11-17-36-32(25-28)14-18-35(30-9-7-6-8-10-30)37(36)31-12-15-34(16-13-31)42-22-19-29(20-23-42)21-24-43-27-33(26-41-43)40-44-38(2,3)39(4,5)45-40/h6-13,15-17,25-27,29,35,37H,14,18-24H2,1-5H3/t35-,37+/m1/s1. The Bertz CT molecular complexity index is 1590. The zero-order valence-electron chi connectivity index (χ0n) is 27.7. The largest absolute Gasteiger partial charge is 0.498 e. The van der Waals surface area contributed by atoms with Gasteiger partial charge in [0.15, 0.2) is 0 Å². The molecule has 7 rings (SSSR count). The van der Waals surface area contributed by atoms with Gasteiger partial charge in [-0.3, -0.25) is 4.68 Å². The molecule has 0 amide bonds. The molecule has 2 saturated heterocycles. The first-order valence-corrected chi connectivity index (χ1v) is 17.0. The van der Waals surface area contributed by atoms with E-state index >= 15 is 0 Å². The van der Waals surface area contributed by atoms with Crippen LogP contribution in [0.2, 0.25) is 0 Å². The van der Waals surface area contributed by atoms with E-state index in [1.54, 1.807) is 0 Å². The van der Waals surface area contributed by atoms with Gasteiger partial charge < -0.3 is 14.2 Å². The van der Waals surface area contributed by atoms with Crippen molar-refractivity contribution in [3.8, 4) is 0 Å². The highest BCUT2D eigenvalue weighted by Gasteiger charge is 2.52. The molecule has 5 nitrogen and oxygen atoms in total. The number of hydrogen-bond donors (Lipinski definition) is 0. The van der Waals surface area contributed by atoms with Crippen LogP contribution in [-0.2, 0) is 22.3 Å². The minimum Gasteiger partial charge on any atom is -0.399 e. The van der Waals surface area contributed by atoms with Crippen LogP contribution in [0, 0.1) is 12.8 Å². The van der Waals surface area contributed by atoms with E-state index in [2.05, 4.69) is 128 Å². The zero-order chi connectivity index (χ0) is 31.2. The molecule has 6 heteroatoms. The molecule has 3 aliphatic rings. The molecule has 2 atom stereocenters. The monoisotopic (exact) mass is 601 g/mol. The number of aromatic nitrogens is 2. The molecule has 3 aromatic carbocycles. The summed E-state index contributed by atoms with van der Waals surface area (Å²) in [6.07, 6.45) is 9.95. The van der Waals surface area contributed by atoms with Gasteiger partial charge in [0.25, 0.3) is 0 Å². The molecule has 234 valence electrons. The van der Waals surface area contributed by atoms with Gasteiger partial charge in [0, 0.05) is 49.1 Å². The zero-order valence-corrected chi connectivity index (χ0v) is 27.7. The van der Waals surface area contributed by atoms with Gasteiger partial charge in [-0.25, -0.2) is 0 Å². The third kappa shape index (κ3) is 6.12. The fraction of sp³-hybridized carbons (Fsp3) is 0.462. The Morgan fingerprint density at radius 2 is 1.56 bits per heavy atom. The summed E-state index contributed by atoms with van der Waals surface area (Å²) in [5.74, 6) is 1.62. The molecule has 0 radical (unpaired) electrons. The maximum absolute atomic E-state index is 6.22. The van der Waals surface area contributed by atoms with Crippen molar-refractivity contribution < 1.29 is 9.31 Å². The van der Waals surface area contributed by atoms with Crippen molar-refractivity contribution in [2.24, 2.45) is 5.92 Å². The van der Waals surface area contributed by atoms with E-state index in [1.807, 2.05) is 6.20 Å². The van der Waals surface area contributed by atoms with Gasteiger partial charge in [0.05, 0.1) is 11.2 Å². The molecule has 3 heterocycles. The topological polar surface area (TPSA) is 39.5 Å². The SMILES string of the molecule is Cc1ccc2c(c1)CC[C@H](c1ccccc1)[C@@H]2c1ccc(N2CCC(CCn3cc(B4OC(C)(C)C(C)(C)O4)cn3)CC2)cc1. The second-order valence-corrected chi connectivity index (χ2v) is 14.7. The molecule has 0 unspecified atom stereocenters. The van der Waals surface area contributed by atoms with Crippen LogP contribution in [0.15, 0.2) is 85.2 Å². The van der Waals surface area contributed by atoms with Crippen molar-refractivity contribution >= 4 is 18.3 Å². The van der Waals surface area contributed by atoms with E-state index in [1.165, 1.54) is 52.8 Å². The second kappa shape index (κ2) is 12.1. The first kappa shape index (κ1) is 30.3. The molecule has 4 aromatic rings.